The highest BCUT2D eigenvalue weighted by Gasteiger charge is 2.26. The van der Waals surface area contributed by atoms with E-state index < -0.39 is 0 Å². The molecule has 1 aliphatic rings. The Morgan fingerprint density at radius 3 is 3.07 bits per heavy atom. The van der Waals surface area contributed by atoms with Crippen LogP contribution in [-0.2, 0) is 22.4 Å². The Bertz CT molecular complexity index is 387. The number of halogens is 1. The van der Waals surface area contributed by atoms with Gasteiger partial charge in [-0.05, 0) is 36.5 Å². The molecule has 0 heterocycles. The highest BCUT2D eigenvalue weighted by atomic mass is 19.1. The number of fused-ring (bicyclic) bond motifs is 1. The lowest BCUT2D eigenvalue weighted by atomic mass is 9.84. The van der Waals surface area contributed by atoms with Gasteiger partial charge in [0.15, 0.2) is 0 Å². The average Bonchev–Trinajstić information content (AvgIpc) is 2.28. The van der Waals surface area contributed by atoms with Gasteiger partial charge in [0, 0.05) is 0 Å². The molecule has 2 nitrogen and oxygen atoms in total. The van der Waals surface area contributed by atoms with Crippen LogP contribution in [0.2, 0.25) is 0 Å². The van der Waals surface area contributed by atoms with Gasteiger partial charge in [-0.1, -0.05) is 12.1 Å². The van der Waals surface area contributed by atoms with Crippen LogP contribution in [0.4, 0.5) is 4.39 Å². The van der Waals surface area contributed by atoms with Crippen molar-refractivity contribution in [3.63, 3.8) is 0 Å². The van der Waals surface area contributed by atoms with Crippen molar-refractivity contribution in [3.8, 4) is 0 Å². The Labute approximate surface area is 88.1 Å². The third-order valence-corrected chi connectivity index (χ3v) is 2.96. The van der Waals surface area contributed by atoms with Crippen LogP contribution < -0.4 is 0 Å². The first-order valence-electron chi connectivity index (χ1n) is 5.06. The largest absolute Gasteiger partial charge is 0.469 e. The number of carbonyl (C=O) groups is 1. The quantitative estimate of drug-likeness (QED) is 0.661. The van der Waals surface area contributed by atoms with E-state index in [1.807, 2.05) is 6.07 Å². The molecule has 1 atom stereocenters. The van der Waals surface area contributed by atoms with Crippen molar-refractivity contribution in [2.75, 3.05) is 7.11 Å². The minimum atomic E-state index is -0.232. The van der Waals surface area contributed by atoms with Gasteiger partial charge in [-0.15, -0.1) is 0 Å². The molecule has 0 saturated heterocycles. The van der Waals surface area contributed by atoms with Crippen LogP contribution in [-0.4, -0.2) is 13.1 Å². The van der Waals surface area contributed by atoms with Crippen LogP contribution in [0.3, 0.4) is 0 Å². The minimum absolute atomic E-state index is 0.181. The minimum Gasteiger partial charge on any atom is -0.469 e. The fourth-order valence-corrected chi connectivity index (χ4v) is 2.11. The number of methoxy groups -OCH3 is 1. The summed E-state index contributed by atoms with van der Waals surface area (Å²) in [6.45, 7) is 0. The molecule has 1 unspecified atom stereocenters. The number of hydrogen-bond acceptors (Lipinski definition) is 2. The zero-order chi connectivity index (χ0) is 10.8. The lowest BCUT2D eigenvalue weighted by molar-refractivity contribution is -0.145. The van der Waals surface area contributed by atoms with Crippen molar-refractivity contribution in [2.45, 2.75) is 19.3 Å². The van der Waals surface area contributed by atoms with Gasteiger partial charge in [-0.3, -0.25) is 4.79 Å². The second-order valence-electron chi connectivity index (χ2n) is 3.84. The molecule has 3 heteroatoms. The van der Waals surface area contributed by atoms with Gasteiger partial charge in [0.2, 0.25) is 0 Å². The first kappa shape index (κ1) is 10.1. The number of carbonyl (C=O) groups excluding carboxylic acids is 1. The topological polar surface area (TPSA) is 26.3 Å². The van der Waals surface area contributed by atoms with Crippen LogP contribution >= 0.6 is 0 Å². The lowest BCUT2D eigenvalue weighted by Gasteiger charge is -2.22. The molecule has 1 aromatic rings. The van der Waals surface area contributed by atoms with Gasteiger partial charge in [-0.2, -0.15) is 0 Å². The molecule has 0 spiro atoms. The van der Waals surface area contributed by atoms with Crippen LogP contribution in [0.1, 0.15) is 17.5 Å². The molecular weight excluding hydrogens is 195 g/mol. The smallest absolute Gasteiger partial charge is 0.309 e. The predicted molar refractivity (Wildman–Crippen MR) is 53.9 cm³/mol. The number of esters is 1. The molecule has 0 bridgehead atoms. The monoisotopic (exact) mass is 208 g/mol. The van der Waals surface area contributed by atoms with E-state index in [-0.39, 0.29) is 17.7 Å². The summed E-state index contributed by atoms with van der Waals surface area (Å²) in [5, 5.41) is 0. The summed E-state index contributed by atoms with van der Waals surface area (Å²) in [5.74, 6) is -0.621. The lowest BCUT2D eigenvalue weighted by Crippen LogP contribution is -2.24. The van der Waals surface area contributed by atoms with Gasteiger partial charge < -0.3 is 4.74 Å². The highest BCUT2D eigenvalue weighted by Crippen LogP contribution is 2.27. The first-order valence-corrected chi connectivity index (χ1v) is 5.06. The van der Waals surface area contributed by atoms with Gasteiger partial charge in [0.05, 0.1) is 13.0 Å². The fourth-order valence-electron chi connectivity index (χ4n) is 2.11. The zero-order valence-electron chi connectivity index (χ0n) is 8.63. The Balaban J connectivity index is 2.26. The third-order valence-electron chi connectivity index (χ3n) is 2.96. The number of hydrogen-bond donors (Lipinski definition) is 0. The van der Waals surface area contributed by atoms with Crippen molar-refractivity contribution in [3.05, 3.63) is 35.1 Å². The average molecular weight is 208 g/mol. The molecule has 0 aliphatic heterocycles. The summed E-state index contributed by atoms with van der Waals surface area (Å²) in [5.41, 5.74) is 1.70. The second-order valence-corrected chi connectivity index (χ2v) is 3.84. The maximum Gasteiger partial charge on any atom is 0.309 e. The third kappa shape index (κ3) is 1.87. The normalized spacial score (nSPS) is 19.5. The summed E-state index contributed by atoms with van der Waals surface area (Å²) >= 11 is 0. The molecule has 0 aromatic heterocycles. The molecule has 0 saturated carbocycles. The second kappa shape index (κ2) is 4.01. The van der Waals surface area contributed by atoms with E-state index in [1.165, 1.54) is 13.2 Å². The number of ether oxygens (including phenoxy) is 1. The summed E-state index contributed by atoms with van der Waals surface area (Å²) in [4.78, 5) is 11.3. The molecule has 80 valence electrons. The Hall–Kier alpha value is -1.38. The SMILES string of the molecule is COC(=O)C1CCc2cccc(F)c2C1. The predicted octanol–water partition coefficient (Wildman–Crippen LogP) is 2.10. The molecule has 0 amide bonds. The van der Waals surface area contributed by atoms with Crippen molar-refractivity contribution in [1.29, 1.82) is 0 Å². The highest BCUT2D eigenvalue weighted by molar-refractivity contribution is 5.73. The fraction of sp³-hybridized carbons (Fsp3) is 0.417. The number of benzene rings is 1. The van der Waals surface area contributed by atoms with Crippen LogP contribution in [0.15, 0.2) is 18.2 Å². The number of rotatable bonds is 1. The molecule has 0 radical (unpaired) electrons. The van der Waals surface area contributed by atoms with Crippen molar-refractivity contribution >= 4 is 5.97 Å². The summed E-state index contributed by atoms with van der Waals surface area (Å²) in [6, 6.07) is 5.08. The Kier molecular flexibility index (Phi) is 2.71. The number of aryl methyl sites for hydroxylation is 1. The van der Waals surface area contributed by atoms with Crippen LogP contribution in [0.5, 0.6) is 0 Å². The van der Waals surface area contributed by atoms with E-state index in [1.54, 1.807) is 6.07 Å². The molecular formula is C12H13FO2. The first-order chi connectivity index (χ1) is 7.22. The van der Waals surface area contributed by atoms with Gasteiger partial charge >= 0.3 is 5.97 Å². The Morgan fingerprint density at radius 2 is 2.33 bits per heavy atom. The van der Waals surface area contributed by atoms with Crippen molar-refractivity contribution in [2.24, 2.45) is 5.92 Å². The van der Waals surface area contributed by atoms with E-state index in [4.69, 9.17) is 0 Å². The van der Waals surface area contributed by atoms with Gasteiger partial charge in [0.25, 0.3) is 0 Å². The van der Waals surface area contributed by atoms with Crippen molar-refractivity contribution < 1.29 is 13.9 Å². The van der Waals surface area contributed by atoms with Crippen LogP contribution in [0.25, 0.3) is 0 Å². The van der Waals surface area contributed by atoms with Crippen molar-refractivity contribution in [1.82, 2.24) is 0 Å². The van der Waals surface area contributed by atoms with E-state index in [0.29, 0.717) is 12.0 Å². The van der Waals surface area contributed by atoms with E-state index in [2.05, 4.69) is 4.74 Å². The van der Waals surface area contributed by atoms with Gasteiger partial charge in [0.1, 0.15) is 5.82 Å². The van der Waals surface area contributed by atoms with Gasteiger partial charge in [-0.25, -0.2) is 4.39 Å². The molecule has 0 N–H and O–H groups in total. The zero-order valence-corrected chi connectivity index (χ0v) is 8.63. The van der Waals surface area contributed by atoms with E-state index >= 15 is 0 Å². The molecule has 0 fully saturated rings. The standard InChI is InChI=1S/C12H13FO2/c1-15-12(14)9-6-5-8-3-2-4-11(13)10(8)7-9/h2-4,9H,5-7H2,1H3. The summed E-state index contributed by atoms with van der Waals surface area (Å²) in [7, 11) is 1.37. The van der Waals surface area contributed by atoms with E-state index in [0.717, 1.165) is 18.4 Å². The molecule has 1 aliphatic carbocycles. The summed E-state index contributed by atoms with van der Waals surface area (Å²) < 4.78 is 18.1. The van der Waals surface area contributed by atoms with E-state index in [9.17, 15) is 9.18 Å². The maximum atomic E-state index is 13.5. The summed E-state index contributed by atoms with van der Waals surface area (Å²) in [6.07, 6.45) is 1.98. The molecule has 2 rings (SSSR count). The maximum absolute atomic E-state index is 13.5. The Morgan fingerprint density at radius 1 is 1.53 bits per heavy atom. The van der Waals surface area contributed by atoms with Crippen LogP contribution in [0, 0.1) is 11.7 Å². The molecule has 1 aromatic carbocycles. The molecule has 15 heavy (non-hydrogen) atoms.